The number of carbonyl (C=O) groups is 6. The summed E-state index contributed by atoms with van der Waals surface area (Å²) >= 11 is 0. The molecule has 15 heteroatoms. The number of aromatic amines is 1. The average molecular weight is 618 g/mol. The Morgan fingerprint density at radius 3 is 2.09 bits per heavy atom. The van der Waals surface area contributed by atoms with Gasteiger partial charge in [0.05, 0.1) is 12.5 Å². The highest BCUT2D eigenvalue weighted by molar-refractivity contribution is 5.96. The second kappa shape index (κ2) is 17.0. The lowest BCUT2D eigenvalue weighted by Gasteiger charge is -2.27. The van der Waals surface area contributed by atoms with Crippen molar-refractivity contribution in [1.82, 2.24) is 26.3 Å². The van der Waals surface area contributed by atoms with Gasteiger partial charge in [0.2, 0.25) is 23.6 Å². The second-order valence-corrected chi connectivity index (χ2v) is 11.0. The molecule has 0 aliphatic heterocycles. The maximum Gasteiger partial charge on any atom is 0.325 e. The molecular formula is C29H43N7O8. The van der Waals surface area contributed by atoms with Crippen LogP contribution in [0.3, 0.4) is 0 Å². The molecule has 0 saturated heterocycles. The molecule has 0 spiro atoms. The molecule has 0 bridgehead atoms. The summed E-state index contributed by atoms with van der Waals surface area (Å²) in [4.78, 5) is 78.1. The highest BCUT2D eigenvalue weighted by Gasteiger charge is 2.33. The van der Waals surface area contributed by atoms with E-state index in [4.69, 9.17) is 16.6 Å². The molecule has 0 aliphatic rings. The van der Waals surface area contributed by atoms with Crippen LogP contribution in [0.2, 0.25) is 0 Å². The molecule has 242 valence electrons. The van der Waals surface area contributed by atoms with Gasteiger partial charge in [0.1, 0.15) is 24.2 Å². The smallest absolute Gasteiger partial charge is 0.325 e. The largest absolute Gasteiger partial charge is 0.481 e. The summed E-state index contributed by atoms with van der Waals surface area (Å²) in [6.45, 7) is 4.94. The standard InChI is InChI=1S/C29H43N7O8/c1-15(2)24(36-25(39)19(31)13-23(37)38)28(42)34-21(10-6-7-11-30)26(40)35-22(27(41)33-16(3)29(43)44)12-17-14-32-20-9-5-4-8-18(17)20/h4-5,8-9,14-16,19,21-22,24,32H,6-7,10-13,30-31H2,1-3H3,(H,33,41)(H,34,42)(H,35,40)(H,36,39)(H,37,38)(H,43,44)/t16-,19-,21-,22-,24-/m0/s1. The summed E-state index contributed by atoms with van der Waals surface area (Å²) in [5.74, 6) is -5.97. The van der Waals surface area contributed by atoms with Crippen LogP contribution in [-0.4, -0.2) is 87.5 Å². The molecule has 1 aromatic heterocycles. The topological polar surface area (TPSA) is 259 Å². The van der Waals surface area contributed by atoms with E-state index in [-0.39, 0.29) is 12.8 Å². The molecule has 0 radical (unpaired) electrons. The van der Waals surface area contributed by atoms with E-state index in [1.54, 1.807) is 20.0 Å². The Bertz CT molecular complexity index is 1330. The van der Waals surface area contributed by atoms with Gasteiger partial charge < -0.3 is 47.9 Å². The number of H-pyrrole nitrogens is 1. The minimum absolute atomic E-state index is 0.0174. The maximum absolute atomic E-state index is 13.6. The van der Waals surface area contributed by atoms with Crippen LogP contribution in [0.5, 0.6) is 0 Å². The number of fused-ring (bicyclic) bond motifs is 1. The number of aliphatic carboxylic acids is 2. The number of benzene rings is 1. The van der Waals surface area contributed by atoms with Gasteiger partial charge in [-0.25, -0.2) is 0 Å². The fraction of sp³-hybridized carbons (Fsp3) is 0.517. The van der Waals surface area contributed by atoms with Gasteiger partial charge >= 0.3 is 11.9 Å². The normalized spacial score (nSPS) is 14.6. The number of para-hydroxylation sites is 1. The fourth-order valence-electron chi connectivity index (χ4n) is 4.48. The van der Waals surface area contributed by atoms with Gasteiger partial charge in [0, 0.05) is 23.5 Å². The van der Waals surface area contributed by atoms with Crippen LogP contribution in [0.15, 0.2) is 30.5 Å². The first-order valence-corrected chi connectivity index (χ1v) is 14.4. The van der Waals surface area contributed by atoms with E-state index in [0.717, 1.165) is 10.9 Å². The third-order valence-corrected chi connectivity index (χ3v) is 7.02. The van der Waals surface area contributed by atoms with Crippen molar-refractivity contribution in [3.63, 3.8) is 0 Å². The number of rotatable bonds is 18. The summed E-state index contributed by atoms with van der Waals surface area (Å²) in [5.41, 5.74) is 12.8. The number of nitrogens with one attached hydrogen (secondary N) is 5. The average Bonchev–Trinajstić information content (AvgIpc) is 3.36. The lowest BCUT2D eigenvalue weighted by molar-refractivity contribution is -0.142. The van der Waals surface area contributed by atoms with Crippen LogP contribution in [0, 0.1) is 5.92 Å². The minimum Gasteiger partial charge on any atom is -0.481 e. The first-order chi connectivity index (χ1) is 20.7. The quantitative estimate of drug-likeness (QED) is 0.0954. The minimum atomic E-state index is -1.39. The monoisotopic (exact) mass is 617 g/mol. The van der Waals surface area contributed by atoms with E-state index in [1.165, 1.54) is 6.92 Å². The predicted octanol–water partition coefficient (Wildman–Crippen LogP) is -0.659. The van der Waals surface area contributed by atoms with Crippen LogP contribution >= 0.6 is 0 Å². The third-order valence-electron chi connectivity index (χ3n) is 7.02. The number of aromatic nitrogens is 1. The first kappa shape index (κ1) is 35.7. The van der Waals surface area contributed by atoms with Gasteiger partial charge in [0.25, 0.3) is 0 Å². The molecule has 0 unspecified atom stereocenters. The number of hydrogen-bond donors (Lipinski definition) is 9. The molecule has 2 rings (SSSR count). The Hall–Kier alpha value is -4.50. The Labute approximate surface area is 254 Å². The zero-order valence-corrected chi connectivity index (χ0v) is 25.1. The highest BCUT2D eigenvalue weighted by Crippen LogP contribution is 2.19. The number of carboxylic acid groups (broad SMARTS) is 2. The lowest BCUT2D eigenvalue weighted by atomic mass is 10.00. The third kappa shape index (κ3) is 10.6. The molecule has 11 N–H and O–H groups in total. The molecule has 15 nitrogen and oxygen atoms in total. The van der Waals surface area contributed by atoms with Crippen molar-refractivity contribution in [2.75, 3.05) is 6.54 Å². The summed E-state index contributed by atoms with van der Waals surface area (Å²) in [5, 5.41) is 29.2. The summed E-state index contributed by atoms with van der Waals surface area (Å²) in [6.07, 6.45) is 2.23. The molecule has 44 heavy (non-hydrogen) atoms. The van der Waals surface area contributed by atoms with Crippen molar-refractivity contribution < 1.29 is 39.0 Å². The number of hydrogen-bond acceptors (Lipinski definition) is 8. The number of amides is 4. The molecule has 4 amide bonds. The Kier molecular flexibility index (Phi) is 13.8. The zero-order chi connectivity index (χ0) is 33.0. The molecular weight excluding hydrogens is 574 g/mol. The van der Waals surface area contributed by atoms with Gasteiger partial charge in [-0.3, -0.25) is 28.8 Å². The van der Waals surface area contributed by atoms with Crippen molar-refractivity contribution in [3.8, 4) is 0 Å². The number of nitrogens with two attached hydrogens (primary N) is 2. The predicted molar refractivity (Wildman–Crippen MR) is 161 cm³/mol. The number of carbonyl (C=O) groups excluding carboxylic acids is 4. The first-order valence-electron chi connectivity index (χ1n) is 14.4. The Morgan fingerprint density at radius 1 is 0.841 bits per heavy atom. The Balaban J connectivity index is 2.30. The summed E-state index contributed by atoms with van der Waals surface area (Å²) < 4.78 is 0. The van der Waals surface area contributed by atoms with E-state index in [9.17, 15) is 33.9 Å². The number of carboxylic acids is 2. The SMILES string of the molecule is CC(C)[C@H](NC(=O)[C@@H](N)CC(=O)O)C(=O)N[C@@H](CCCCN)C(=O)N[C@@H](Cc1c[nH]c2ccccc12)C(=O)N[C@@H](C)C(=O)O. The van der Waals surface area contributed by atoms with Gasteiger partial charge in [-0.15, -0.1) is 0 Å². The van der Waals surface area contributed by atoms with Crippen molar-refractivity contribution in [2.45, 2.75) is 83.1 Å². The Morgan fingerprint density at radius 2 is 1.48 bits per heavy atom. The van der Waals surface area contributed by atoms with Crippen LogP contribution < -0.4 is 32.7 Å². The van der Waals surface area contributed by atoms with Crippen molar-refractivity contribution in [1.29, 1.82) is 0 Å². The molecule has 1 aromatic carbocycles. The molecule has 5 atom stereocenters. The lowest BCUT2D eigenvalue weighted by Crippen LogP contribution is -2.59. The summed E-state index contributed by atoms with van der Waals surface area (Å²) in [6, 6.07) is 1.24. The van der Waals surface area contributed by atoms with Crippen molar-refractivity contribution in [3.05, 3.63) is 36.0 Å². The molecule has 0 aliphatic carbocycles. The van der Waals surface area contributed by atoms with Gasteiger partial charge in [-0.2, -0.15) is 0 Å². The van der Waals surface area contributed by atoms with Gasteiger partial charge in [-0.05, 0) is 50.3 Å². The zero-order valence-electron chi connectivity index (χ0n) is 25.1. The fourth-order valence-corrected chi connectivity index (χ4v) is 4.48. The molecule has 2 aromatic rings. The van der Waals surface area contributed by atoms with Crippen LogP contribution in [0.1, 0.15) is 52.0 Å². The molecule has 0 saturated carbocycles. The van der Waals surface area contributed by atoms with Crippen molar-refractivity contribution >= 4 is 46.5 Å². The van der Waals surface area contributed by atoms with Crippen LogP contribution in [0.25, 0.3) is 10.9 Å². The van der Waals surface area contributed by atoms with E-state index in [1.807, 2.05) is 24.3 Å². The van der Waals surface area contributed by atoms with E-state index in [2.05, 4.69) is 26.3 Å². The highest BCUT2D eigenvalue weighted by atomic mass is 16.4. The maximum atomic E-state index is 13.6. The van der Waals surface area contributed by atoms with Crippen LogP contribution in [-0.2, 0) is 35.2 Å². The van der Waals surface area contributed by atoms with Gasteiger partial charge in [-0.1, -0.05) is 32.0 Å². The van der Waals surface area contributed by atoms with E-state index in [0.29, 0.717) is 24.9 Å². The number of unbranched alkanes of at least 4 members (excludes halogenated alkanes) is 1. The molecule has 1 heterocycles. The molecule has 0 fully saturated rings. The van der Waals surface area contributed by atoms with Gasteiger partial charge in [0.15, 0.2) is 0 Å². The summed E-state index contributed by atoms with van der Waals surface area (Å²) in [7, 11) is 0. The van der Waals surface area contributed by atoms with E-state index < -0.39 is 78.1 Å². The van der Waals surface area contributed by atoms with Crippen molar-refractivity contribution in [2.24, 2.45) is 17.4 Å². The van der Waals surface area contributed by atoms with Crippen LogP contribution in [0.4, 0.5) is 0 Å². The second-order valence-electron chi connectivity index (χ2n) is 11.0. The van der Waals surface area contributed by atoms with E-state index >= 15 is 0 Å².